The Kier molecular flexibility index (Phi) is 5.28. The Morgan fingerprint density at radius 1 is 1.06 bits per heavy atom. The van der Waals surface area contributed by atoms with Crippen molar-refractivity contribution in [2.45, 2.75) is 64.3 Å². The number of hydrogen-bond donors (Lipinski definition) is 4. The minimum atomic E-state index is -1.95. The third-order valence-electron chi connectivity index (χ3n) is 8.57. The first-order chi connectivity index (χ1) is 15.1. The zero-order valence-electron chi connectivity index (χ0n) is 19.2. The molecule has 5 rings (SSSR count). The van der Waals surface area contributed by atoms with Crippen LogP contribution in [0.25, 0.3) is 11.0 Å². The standard InChI is InChI=1S/C24H34BNO6/c1-23(2)7-4-8-24(3)17(23)6-5-15(26-9-11-31-12-10-26)22-18(24)14-13-16(27)20(28)19(25(29)30)21(14)32-22/h13,15,17,27-30H,4-12H2,1-3H3/t15?,17-,24-/m1/s1. The third-order valence-corrected chi connectivity index (χ3v) is 8.57. The normalized spacial score (nSPS) is 30.5. The van der Waals surface area contributed by atoms with E-state index in [4.69, 9.17) is 9.15 Å². The highest BCUT2D eigenvalue weighted by Gasteiger charge is 2.53. The van der Waals surface area contributed by atoms with E-state index in [0.717, 1.165) is 50.1 Å². The van der Waals surface area contributed by atoms with Gasteiger partial charge in [0.25, 0.3) is 0 Å². The van der Waals surface area contributed by atoms with Crippen LogP contribution in [0.5, 0.6) is 11.5 Å². The van der Waals surface area contributed by atoms with Crippen LogP contribution < -0.4 is 5.46 Å². The van der Waals surface area contributed by atoms with Crippen molar-refractivity contribution in [1.82, 2.24) is 4.90 Å². The monoisotopic (exact) mass is 443 g/mol. The molecule has 4 N–H and O–H groups in total. The Hall–Kier alpha value is -1.74. The molecule has 0 amide bonds. The van der Waals surface area contributed by atoms with Gasteiger partial charge in [-0.2, -0.15) is 0 Å². The minimum Gasteiger partial charge on any atom is -0.504 e. The summed E-state index contributed by atoms with van der Waals surface area (Å²) in [7, 11) is -1.95. The zero-order valence-corrected chi connectivity index (χ0v) is 19.2. The third kappa shape index (κ3) is 3.18. The lowest BCUT2D eigenvalue weighted by Gasteiger charge is -2.50. The zero-order chi connectivity index (χ0) is 22.8. The molecule has 3 atom stereocenters. The lowest BCUT2D eigenvalue weighted by atomic mass is 9.53. The number of nitrogens with zero attached hydrogens (tertiary/aromatic N) is 1. The van der Waals surface area contributed by atoms with Gasteiger partial charge in [0.05, 0.1) is 24.7 Å². The van der Waals surface area contributed by atoms with Crippen LogP contribution in [0.3, 0.4) is 0 Å². The average Bonchev–Trinajstić information content (AvgIpc) is 3.03. The Bertz CT molecular complexity index is 1030. The number of phenolic OH excluding ortho intramolecular Hbond substituents is 2. The predicted octanol–water partition coefficient (Wildman–Crippen LogP) is 2.77. The summed E-state index contributed by atoms with van der Waals surface area (Å²) in [4.78, 5) is 2.41. The van der Waals surface area contributed by atoms with Crippen LogP contribution in [0.15, 0.2) is 10.5 Å². The summed E-state index contributed by atoms with van der Waals surface area (Å²) in [6.45, 7) is 10.0. The molecule has 2 aromatic rings. The van der Waals surface area contributed by atoms with Crippen molar-refractivity contribution in [2.75, 3.05) is 26.3 Å². The number of morpholine rings is 1. The molecule has 0 radical (unpaired) electrons. The van der Waals surface area contributed by atoms with E-state index in [2.05, 4.69) is 25.7 Å². The average molecular weight is 443 g/mol. The van der Waals surface area contributed by atoms with Crippen LogP contribution in [0.4, 0.5) is 0 Å². The second kappa shape index (κ2) is 7.65. The van der Waals surface area contributed by atoms with Gasteiger partial charge < -0.3 is 29.4 Å². The number of furan rings is 1. The summed E-state index contributed by atoms with van der Waals surface area (Å²) in [5, 5.41) is 41.7. The van der Waals surface area contributed by atoms with E-state index >= 15 is 0 Å². The summed E-state index contributed by atoms with van der Waals surface area (Å²) < 4.78 is 12.1. The molecule has 1 saturated carbocycles. The van der Waals surface area contributed by atoms with Gasteiger partial charge >= 0.3 is 7.12 Å². The molecule has 0 spiro atoms. The summed E-state index contributed by atoms with van der Waals surface area (Å²) in [6, 6.07) is 1.59. The molecule has 1 aromatic heterocycles. The van der Waals surface area contributed by atoms with E-state index in [1.165, 1.54) is 6.42 Å². The maximum absolute atomic E-state index is 10.5. The van der Waals surface area contributed by atoms with Crippen molar-refractivity contribution in [3.63, 3.8) is 0 Å². The molecule has 2 fully saturated rings. The quantitative estimate of drug-likeness (QED) is 0.418. The van der Waals surface area contributed by atoms with Crippen molar-refractivity contribution in [3.8, 4) is 11.5 Å². The second-order valence-corrected chi connectivity index (χ2v) is 10.8. The van der Waals surface area contributed by atoms with Crippen molar-refractivity contribution in [1.29, 1.82) is 0 Å². The molecule has 1 aliphatic heterocycles. The lowest BCUT2D eigenvalue weighted by molar-refractivity contribution is 0.00563. The first kappa shape index (κ1) is 22.1. The van der Waals surface area contributed by atoms with Gasteiger partial charge in [0, 0.05) is 24.0 Å². The summed E-state index contributed by atoms with van der Waals surface area (Å²) in [5.74, 6) is 0.376. The Morgan fingerprint density at radius 2 is 1.78 bits per heavy atom. The van der Waals surface area contributed by atoms with Crippen molar-refractivity contribution >= 4 is 23.6 Å². The smallest absolute Gasteiger partial charge is 0.496 e. The van der Waals surface area contributed by atoms with Crippen molar-refractivity contribution < 1.29 is 29.4 Å². The molecule has 1 unspecified atom stereocenters. The second-order valence-electron chi connectivity index (χ2n) is 10.8. The maximum Gasteiger partial charge on any atom is 0.496 e. The van der Waals surface area contributed by atoms with E-state index in [1.807, 2.05) is 0 Å². The molecular formula is C24H34BNO6. The highest BCUT2D eigenvalue weighted by Crippen LogP contribution is 2.60. The first-order valence-electron chi connectivity index (χ1n) is 11.8. The number of rotatable bonds is 2. The SMILES string of the molecule is CC1(C)CCC[C@@]2(C)c3c(oc4c(B(O)O)c(O)c(O)cc34)C(N3CCOCC3)CC[C@H]12. The lowest BCUT2D eigenvalue weighted by Crippen LogP contribution is -2.44. The van der Waals surface area contributed by atoms with E-state index < -0.39 is 12.9 Å². The predicted molar refractivity (Wildman–Crippen MR) is 122 cm³/mol. The molecule has 0 bridgehead atoms. The summed E-state index contributed by atoms with van der Waals surface area (Å²) >= 11 is 0. The highest BCUT2D eigenvalue weighted by molar-refractivity contribution is 6.63. The van der Waals surface area contributed by atoms with E-state index in [9.17, 15) is 20.3 Å². The molecule has 174 valence electrons. The number of hydrogen-bond acceptors (Lipinski definition) is 7. The van der Waals surface area contributed by atoms with E-state index in [-0.39, 0.29) is 33.7 Å². The number of benzene rings is 1. The molecule has 3 aliphatic rings. The Balaban J connectivity index is 1.81. The molecule has 8 heteroatoms. The minimum absolute atomic E-state index is 0.0486. The van der Waals surface area contributed by atoms with E-state index in [0.29, 0.717) is 24.5 Å². The number of fused-ring (bicyclic) bond motifs is 5. The molecule has 7 nitrogen and oxygen atoms in total. The van der Waals surface area contributed by atoms with Crippen LogP contribution in [-0.2, 0) is 10.2 Å². The number of ether oxygens (including phenoxy) is 1. The molecule has 1 saturated heterocycles. The van der Waals surface area contributed by atoms with Crippen LogP contribution >= 0.6 is 0 Å². The van der Waals surface area contributed by atoms with Gasteiger partial charge in [-0.15, -0.1) is 0 Å². The molecular weight excluding hydrogens is 409 g/mol. The summed E-state index contributed by atoms with van der Waals surface area (Å²) in [6.07, 6.45) is 5.32. The topological polar surface area (TPSA) is 107 Å². The number of phenols is 2. The van der Waals surface area contributed by atoms with Crippen LogP contribution in [0, 0.1) is 11.3 Å². The van der Waals surface area contributed by atoms with Crippen molar-refractivity contribution in [3.05, 3.63) is 17.4 Å². The fourth-order valence-electron chi connectivity index (χ4n) is 7.14. The van der Waals surface area contributed by atoms with Gasteiger partial charge in [-0.25, -0.2) is 0 Å². The highest BCUT2D eigenvalue weighted by atomic mass is 16.5. The van der Waals surface area contributed by atoms with Gasteiger partial charge in [0.2, 0.25) is 0 Å². The van der Waals surface area contributed by atoms with Gasteiger partial charge in [-0.3, -0.25) is 4.90 Å². The first-order valence-corrected chi connectivity index (χ1v) is 11.8. The molecule has 2 aliphatic carbocycles. The fourth-order valence-corrected chi connectivity index (χ4v) is 7.14. The summed E-state index contributed by atoms with van der Waals surface area (Å²) in [5.41, 5.74) is 1.15. The Labute approximate surface area is 189 Å². The van der Waals surface area contributed by atoms with E-state index in [1.54, 1.807) is 6.07 Å². The largest absolute Gasteiger partial charge is 0.504 e. The van der Waals surface area contributed by atoms with Crippen molar-refractivity contribution in [2.24, 2.45) is 11.3 Å². The van der Waals surface area contributed by atoms with Gasteiger partial charge in [0.1, 0.15) is 11.3 Å². The van der Waals surface area contributed by atoms with Crippen LogP contribution in [0.2, 0.25) is 0 Å². The molecule has 1 aromatic carbocycles. The van der Waals surface area contributed by atoms with Crippen LogP contribution in [-0.4, -0.2) is 58.6 Å². The fraction of sp³-hybridized carbons (Fsp3) is 0.667. The van der Waals surface area contributed by atoms with Crippen LogP contribution in [0.1, 0.15) is 70.2 Å². The van der Waals surface area contributed by atoms with Gasteiger partial charge in [0.15, 0.2) is 11.5 Å². The maximum atomic E-state index is 10.5. The van der Waals surface area contributed by atoms with Gasteiger partial charge in [-0.1, -0.05) is 27.2 Å². The molecule has 2 heterocycles. The number of aromatic hydroxyl groups is 2. The molecule has 32 heavy (non-hydrogen) atoms. The van der Waals surface area contributed by atoms with Gasteiger partial charge in [-0.05, 0) is 48.5 Å². The Morgan fingerprint density at radius 3 is 2.47 bits per heavy atom.